The lowest BCUT2D eigenvalue weighted by Crippen LogP contribution is -2.40. The second kappa shape index (κ2) is 12.1. The average molecular weight is 551 g/mol. The molecule has 1 aromatic heterocycles. The normalized spacial score (nSPS) is 15.0. The molecule has 39 heavy (non-hydrogen) atoms. The Morgan fingerprint density at radius 2 is 1.90 bits per heavy atom. The number of carbonyl (C=O) groups is 1. The summed E-state index contributed by atoms with van der Waals surface area (Å²) in [6.07, 6.45) is 3.82. The number of methoxy groups -OCH3 is 3. The highest BCUT2D eigenvalue weighted by molar-refractivity contribution is 7.07. The summed E-state index contributed by atoms with van der Waals surface area (Å²) in [7, 11) is 4.52. The van der Waals surface area contributed by atoms with Gasteiger partial charge in [-0.3, -0.25) is 9.36 Å². The van der Waals surface area contributed by atoms with Gasteiger partial charge in [0.1, 0.15) is 18.4 Å². The van der Waals surface area contributed by atoms with E-state index in [1.165, 1.54) is 37.2 Å². The molecule has 1 aliphatic rings. The number of hydrogen-bond donors (Lipinski definition) is 1. The fraction of sp³-hybridized carbons (Fsp3) is 0.276. The van der Waals surface area contributed by atoms with Gasteiger partial charge in [-0.15, -0.1) is 6.58 Å². The number of carbonyl (C=O) groups excluding carboxylic acids is 1. The second-order valence-corrected chi connectivity index (χ2v) is 9.69. The van der Waals surface area contributed by atoms with E-state index in [9.17, 15) is 14.7 Å². The van der Waals surface area contributed by atoms with Crippen molar-refractivity contribution < 1.29 is 28.8 Å². The number of phenols is 1. The van der Waals surface area contributed by atoms with E-state index in [-0.39, 0.29) is 35.8 Å². The fourth-order valence-corrected chi connectivity index (χ4v) is 5.50. The highest BCUT2D eigenvalue weighted by Crippen LogP contribution is 2.36. The predicted molar refractivity (Wildman–Crippen MR) is 148 cm³/mol. The van der Waals surface area contributed by atoms with Gasteiger partial charge >= 0.3 is 5.97 Å². The van der Waals surface area contributed by atoms with Crippen LogP contribution in [-0.4, -0.2) is 50.2 Å². The number of allylic oxidation sites excluding steroid dienone is 2. The van der Waals surface area contributed by atoms with Crippen LogP contribution in [0.3, 0.4) is 0 Å². The zero-order chi connectivity index (χ0) is 28.1. The molecule has 1 unspecified atom stereocenters. The van der Waals surface area contributed by atoms with Gasteiger partial charge in [0.25, 0.3) is 5.56 Å². The summed E-state index contributed by atoms with van der Waals surface area (Å²) in [5, 5.41) is 10.5. The van der Waals surface area contributed by atoms with Crippen molar-refractivity contribution in [2.45, 2.75) is 19.4 Å². The molecule has 2 aromatic carbocycles. The largest absolute Gasteiger partial charge is 0.504 e. The molecule has 0 saturated heterocycles. The van der Waals surface area contributed by atoms with E-state index in [0.29, 0.717) is 43.9 Å². The maximum Gasteiger partial charge on any atom is 0.338 e. The number of thiazole rings is 1. The maximum absolute atomic E-state index is 13.9. The quantitative estimate of drug-likeness (QED) is 0.235. The van der Waals surface area contributed by atoms with Gasteiger partial charge in [-0.1, -0.05) is 35.6 Å². The Labute approximate surface area is 229 Å². The van der Waals surface area contributed by atoms with E-state index in [0.717, 1.165) is 0 Å². The SMILES string of the molecule is C=CCc1cc(C=c2sc3n(c2=O)C(c2ccccc2OC)C(C(=O)OCCOC)=C(C)N=3)cc(OC)c1O. The first-order chi connectivity index (χ1) is 18.8. The van der Waals surface area contributed by atoms with Gasteiger partial charge in [0.05, 0.1) is 36.6 Å². The number of benzene rings is 2. The zero-order valence-corrected chi connectivity index (χ0v) is 23.0. The van der Waals surface area contributed by atoms with Crippen LogP contribution in [0.4, 0.5) is 0 Å². The Balaban J connectivity index is 1.93. The third-order valence-corrected chi connectivity index (χ3v) is 7.24. The van der Waals surface area contributed by atoms with Crippen molar-refractivity contribution in [3.63, 3.8) is 0 Å². The number of esters is 1. The Hall–Kier alpha value is -4.15. The second-order valence-electron chi connectivity index (χ2n) is 8.68. The molecule has 204 valence electrons. The fourth-order valence-electron chi connectivity index (χ4n) is 4.46. The van der Waals surface area contributed by atoms with Gasteiger partial charge in [-0.2, -0.15) is 0 Å². The van der Waals surface area contributed by atoms with Crippen LogP contribution in [0.25, 0.3) is 6.08 Å². The monoisotopic (exact) mass is 550 g/mol. The molecule has 0 radical (unpaired) electrons. The van der Waals surface area contributed by atoms with Crippen molar-refractivity contribution in [2.75, 3.05) is 34.5 Å². The minimum absolute atomic E-state index is 0.0273. The average Bonchev–Trinajstić information content (AvgIpc) is 3.23. The summed E-state index contributed by atoms with van der Waals surface area (Å²) < 4.78 is 23.3. The van der Waals surface area contributed by atoms with Crippen LogP contribution in [0.5, 0.6) is 17.2 Å². The summed E-state index contributed by atoms with van der Waals surface area (Å²) >= 11 is 1.20. The van der Waals surface area contributed by atoms with Crippen LogP contribution in [0.1, 0.15) is 29.7 Å². The van der Waals surface area contributed by atoms with E-state index in [4.69, 9.17) is 18.9 Å². The molecule has 1 aliphatic heterocycles. The highest BCUT2D eigenvalue weighted by Gasteiger charge is 2.35. The van der Waals surface area contributed by atoms with Crippen LogP contribution in [-0.2, 0) is 20.7 Å². The van der Waals surface area contributed by atoms with Crippen molar-refractivity contribution in [3.05, 3.63) is 96.7 Å². The number of aromatic nitrogens is 1. The molecule has 10 heteroatoms. The first-order valence-corrected chi connectivity index (χ1v) is 13.0. The molecule has 0 bridgehead atoms. The summed E-state index contributed by atoms with van der Waals surface area (Å²) in [6, 6.07) is 9.84. The molecule has 0 spiro atoms. The van der Waals surface area contributed by atoms with Crippen LogP contribution in [0.15, 0.2) is 70.1 Å². The van der Waals surface area contributed by atoms with E-state index < -0.39 is 12.0 Å². The summed E-state index contributed by atoms with van der Waals surface area (Å²) in [4.78, 5) is 32.3. The Bertz CT molecular complexity index is 1620. The number of ether oxygens (including phenoxy) is 4. The first-order valence-electron chi connectivity index (χ1n) is 12.2. The van der Waals surface area contributed by atoms with Crippen molar-refractivity contribution in [2.24, 2.45) is 4.99 Å². The minimum atomic E-state index is -0.819. The third kappa shape index (κ3) is 5.52. The molecule has 0 fully saturated rings. The lowest BCUT2D eigenvalue weighted by atomic mass is 9.95. The third-order valence-electron chi connectivity index (χ3n) is 6.25. The van der Waals surface area contributed by atoms with Crippen LogP contribution in [0, 0.1) is 0 Å². The van der Waals surface area contributed by atoms with Gasteiger partial charge in [0.15, 0.2) is 16.3 Å². The predicted octanol–water partition coefficient (Wildman–Crippen LogP) is 2.88. The Morgan fingerprint density at radius 3 is 2.59 bits per heavy atom. The molecular formula is C29H30N2O7S. The Morgan fingerprint density at radius 1 is 1.15 bits per heavy atom. The molecular weight excluding hydrogens is 520 g/mol. The van der Waals surface area contributed by atoms with Crippen molar-refractivity contribution >= 4 is 23.4 Å². The standard InChI is InChI=1S/C29H30N2O7S/c1-6-9-19-14-18(15-22(37-5)26(19)32)16-23-27(33)31-25(20-10-7-8-11-21(20)36-4)24(17(2)30-29(31)39-23)28(34)38-13-12-35-3/h6-8,10-11,14-16,25,32H,1,9,12-13H2,2-5H3. The molecule has 1 N–H and O–H groups in total. The van der Waals surface area contributed by atoms with Crippen LogP contribution < -0.4 is 24.4 Å². The van der Waals surface area contributed by atoms with Gasteiger partial charge in [-0.25, -0.2) is 9.79 Å². The van der Waals surface area contributed by atoms with E-state index >= 15 is 0 Å². The molecule has 2 heterocycles. The summed E-state index contributed by atoms with van der Waals surface area (Å²) in [5.74, 6) is 0.249. The molecule has 0 aliphatic carbocycles. The topological polar surface area (TPSA) is 109 Å². The van der Waals surface area contributed by atoms with Crippen molar-refractivity contribution in [1.29, 1.82) is 0 Å². The van der Waals surface area contributed by atoms with Crippen molar-refractivity contribution in [3.8, 4) is 17.2 Å². The first kappa shape index (κ1) is 27.9. The number of rotatable bonds is 10. The molecule has 9 nitrogen and oxygen atoms in total. The number of hydrogen-bond acceptors (Lipinski definition) is 9. The van der Waals surface area contributed by atoms with Gasteiger partial charge in [0, 0.05) is 18.2 Å². The number of aromatic hydroxyl groups is 1. The molecule has 3 aromatic rings. The lowest BCUT2D eigenvalue weighted by molar-refractivity contribution is -0.140. The van der Waals surface area contributed by atoms with E-state index in [1.54, 1.807) is 37.3 Å². The minimum Gasteiger partial charge on any atom is -0.504 e. The maximum atomic E-state index is 13.9. The number of nitrogens with zero attached hydrogens (tertiary/aromatic N) is 2. The summed E-state index contributed by atoms with van der Waals surface area (Å²) in [6.45, 7) is 5.76. The zero-order valence-electron chi connectivity index (χ0n) is 22.2. The van der Waals surface area contributed by atoms with Gasteiger partial charge in [0.2, 0.25) is 0 Å². The van der Waals surface area contributed by atoms with Crippen LogP contribution >= 0.6 is 11.3 Å². The summed E-state index contributed by atoms with van der Waals surface area (Å²) in [5.41, 5.74) is 2.26. The molecule has 4 rings (SSSR count). The van der Waals surface area contributed by atoms with Crippen LogP contribution in [0.2, 0.25) is 0 Å². The molecule has 1 atom stereocenters. The van der Waals surface area contributed by atoms with Gasteiger partial charge in [-0.05, 0) is 43.2 Å². The van der Waals surface area contributed by atoms with E-state index in [2.05, 4.69) is 11.6 Å². The molecule has 0 amide bonds. The number of phenolic OH excluding ortho intramolecular Hbond substituents is 1. The highest BCUT2D eigenvalue weighted by atomic mass is 32.1. The lowest BCUT2D eigenvalue weighted by Gasteiger charge is -2.26. The number of fused-ring (bicyclic) bond motifs is 1. The van der Waals surface area contributed by atoms with E-state index in [1.807, 2.05) is 18.2 Å². The van der Waals surface area contributed by atoms with Crippen molar-refractivity contribution in [1.82, 2.24) is 4.57 Å². The molecule has 0 saturated carbocycles. The smallest absolute Gasteiger partial charge is 0.338 e. The van der Waals surface area contributed by atoms with Gasteiger partial charge < -0.3 is 24.1 Å². The Kier molecular flexibility index (Phi) is 8.68. The number of para-hydroxylation sites is 1.